The summed E-state index contributed by atoms with van der Waals surface area (Å²) < 4.78 is 11.0. The third kappa shape index (κ3) is 12.6. The fourth-order valence-electron chi connectivity index (χ4n) is 4.46. The van der Waals surface area contributed by atoms with Crippen molar-refractivity contribution in [1.29, 1.82) is 0 Å². The molecule has 1 aliphatic carbocycles. The number of unbranched alkanes of at least 4 members (excludes halogenated alkanes) is 2. The summed E-state index contributed by atoms with van der Waals surface area (Å²) in [5, 5.41) is 8.07. The van der Waals surface area contributed by atoms with Crippen molar-refractivity contribution < 1.29 is 33.4 Å². The van der Waals surface area contributed by atoms with Crippen molar-refractivity contribution >= 4 is 29.6 Å². The van der Waals surface area contributed by atoms with E-state index in [9.17, 15) is 24.0 Å². The molecular weight excluding hydrogens is 516 g/mol. The molecule has 0 spiro atoms. The number of carbonyl (C=O) groups excluding carboxylic acids is 5. The Bertz CT molecular complexity index is 972. The van der Waals surface area contributed by atoms with Crippen molar-refractivity contribution in [3.8, 4) is 0 Å². The van der Waals surface area contributed by atoms with Crippen LogP contribution in [0.3, 0.4) is 0 Å². The van der Waals surface area contributed by atoms with Crippen molar-refractivity contribution in [2.24, 2.45) is 5.73 Å². The number of hydrogen-bond acceptors (Lipinski definition) is 7. The molecule has 1 aliphatic rings. The minimum atomic E-state index is -1.10. The highest BCUT2D eigenvalue weighted by Gasteiger charge is 2.28. The van der Waals surface area contributed by atoms with E-state index in [-0.39, 0.29) is 44.1 Å². The molecule has 40 heavy (non-hydrogen) atoms. The Hall–Kier alpha value is -3.47. The maximum atomic E-state index is 12.6. The molecule has 1 aromatic rings. The van der Waals surface area contributed by atoms with Gasteiger partial charge in [0.2, 0.25) is 23.6 Å². The molecule has 4 atom stereocenters. The van der Waals surface area contributed by atoms with Crippen LogP contribution in [0.1, 0.15) is 83.6 Å². The van der Waals surface area contributed by atoms with Crippen molar-refractivity contribution in [3.63, 3.8) is 0 Å². The lowest BCUT2D eigenvalue weighted by Gasteiger charge is -2.32. The molecule has 1 fully saturated rings. The van der Waals surface area contributed by atoms with Crippen LogP contribution in [0.2, 0.25) is 0 Å². The lowest BCUT2D eigenvalue weighted by molar-refractivity contribution is -0.145. The van der Waals surface area contributed by atoms with Gasteiger partial charge in [0.05, 0.1) is 12.1 Å². The van der Waals surface area contributed by atoms with Gasteiger partial charge in [-0.1, -0.05) is 62.9 Å². The molecule has 0 saturated heterocycles. The highest BCUT2D eigenvalue weighted by molar-refractivity contribution is 5.91. The number of hydrogen-bond donors (Lipinski definition) is 4. The molecule has 0 bridgehead atoms. The molecular formula is C29H44N4O7. The van der Waals surface area contributed by atoms with E-state index >= 15 is 0 Å². The number of rotatable bonds is 17. The summed E-state index contributed by atoms with van der Waals surface area (Å²) in [6.45, 7) is 3.39. The number of ether oxygens (including phenoxy) is 2. The van der Waals surface area contributed by atoms with Crippen LogP contribution in [0.4, 0.5) is 0 Å². The molecule has 1 saturated carbocycles. The molecule has 11 nitrogen and oxygen atoms in total. The number of primary amides is 1. The van der Waals surface area contributed by atoms with Crippen LogP contribution < -0.4 is 21.7 Å². The summed E-state index contributed by atoms with van der Waals surface area (Å²) >= 11 is 0. The van der Waals surface area contributed by atoms with Crippen LogP contribution >= 0.6 is 0 Å². The highest BCUT2D eigenvalue weighted by atomic mass is 16.5. The van der Waals surface area contributed by atoms with Gasteiger partial charge in [-0.2, -0.15) is 0 Å². The largest absolute Gasteiger partial charge is 0.461 e. The van der Waals surface area contributed by atoms with E-state index in [0.717, 1.165) is 50.5 Å². The maximum absolute atomic E-state index is 12.6. The molecule has 0 aliphatic heterocycles. The lowest BCUT2D eigenvalue weighted by atomic mass is 9.92. The quantitative estimate of drug-likeness (QED) is 0.167. The highest BCUT2D eigenvalue weighted by Crippen LogP contribution is 2.21. The van der Waals surface area contributed by atoms with Gasteiger partial charge in [-0.15, -0.1) is 0 Å². The first-order valence-electron chi connectivity index (χ1n) is 14.2. The fourth-order valence-corrected chi connectivity index (χ4v) is 4.46. The number of nitrogens with one attached hydrogen (secondary N) is 3. The first-order chi connectivity index (χ1) is 19.2. The van der Waals surface area contributed by atoms with E-state index in [1.54, 1.807) is 0 Å². The van der Waals surface area contributed by atoms with Crippen LogP contribution in [0.25, 0.3) is 0 Å². The summed E-state index contributed by atoms with van der Waals surface area (Å²) in [7, 11) is 0. The second-order valence-corrected chi connectivity index (χ2v) is 10.2. The molecule has 222 valence electrons. The summed E-state index contributed by atoms with van der Waals surface area (Å²) in [4.78, 5) is 61.2. The number of esters is 1. The fraction of sp³-hybridized carbons (Fsp3) is 0.621. The van der Waals surface area contributed by atoms with Gasteiger partial charge in [-0.05, 0) is 38.2 Å². The zero-order valence-electron chi connectivity index (χ0n) is 23.6. The summed E-state index contributed by atoms with van der Waals surface area (Å²) in [5.41, 5.74) is 6.24. The molecule has 11 heteroatoms. The lowest BCUT2D eigenvalue weighted by Crippen LogP contribution is -2.53. The van der Waals surface area contributed by atoms with Crippen LogP contribution in [-0.2, 0) is 40.1 Å². The number of benzene rings is 1. The first-order valence-corrected chi connectivity index (χ1v) is 14.2. The Labute approximate surface area is 236 Å². The van der Waals surface area contributed by atoms with Gasteiger partial charge in [0.25, 0.3) is 0 Å². The Balaban J connectivity index is 1.74. The van der Waals surface area contributed by atoms with Crippen molar-refractivity contribution in [2.45, 2.75) is 109 Å². The summed E-state index contributed by atoms with van der Waals surface area (Å²) in [5.74, 6) is -2.45. The van der Waals surface area contributed by atoms with Crippen LogP contribution in [0, 0.1) is 0 Å². The van der Waals surface area contributed by atoms with E-state index in [1.807, 2.05) is 30.3 Å². The number of carbonyl (C=O) groups is 5. The van der Waals surface area contributed by atoms with Crippen molar-refractivity contribution in [1.82, 2.24) is 16.0 Å². The predicted octanol–water partition coefficient (Wildman–Crippen LogP) is 2.01. The zero-order valence-corrected chi connectivity index (χ0v) is 23.6. The molecule has 2 unspecified atom stereocenters. The molecule has 1 aromatic carbocycles. The zero-order chi connectivity index (χ0) is 29.3. The molecule has 0 heterocycles. The summed E-state index contributed by atoms with van der Waals surface area (Å²) in [6, 6.07) is 6.94. The average molecular weight is 561 g/mol. The van der Waals surface area contributed by atoms with E-state index in [4.69, 9.17) is 15.2 Å². The topological polar surface area (TPSA) is 166 Å². The second kappa shape index (κ2) is 18.0. The van der Waals surface area contributed by atoms with Gasteiger partial charge in [0, 0.05) is 12.8 Å². The maximum Gasteiger partial charge on any atom is 0.306 e. The van der Waals surface area contributed by atoms with Crippen LogP contribution in [0.15, 0.2) is 30.3 Å². The molecule has 0 radical (unpaired) electrons. The van der Waals surface area contributed by atoms with E-state index in [1.165, 1.54) is 6.92 Å². The molecule has 2 rings (SSSR count). The van der Waals surface area contributed by atoms with Crippen molar-refractivity contribution in [3.05, 3.63) is 35.9 Å². The Morgan fingerprint density at radius 3 is 2.40 bits per heavy atom. The van der Waals surface area contributed by atoms with Gasteiger partial charge in [0.15, 0.2) is 0 Å². The Kier molecular flexibility index (Phi) is 14.7. The monoisotopic (exact) mass is 560 g/mol. The van der Waals surface area contributed by atoms with E-state index < -0.39 is 35.8 Å². The van der Waals surface area contributed by atoms with Crippen LogP contribution in [0.5, 0.6) is 0 Å². The van der Waals surface area contributed by atoms with Gasteiger partial charge < -0.3 is 31.2 Å². The average Bonchev–Trinajstić information content (AvgIpc) is 2.94. The van der Waals surface area contributed by atoms with Crippen molar-refractivity contribution in [2.75, 3.05) is 6.61 Å². The minimum Gasteiger partial charge on any atom is -0.461 e. The number of nitrogens with two attached hydrogens (primary N) is 1. The minimum absolute atomic E-state index is 0.00263. The van der Waals surface area contributed by atoms with E-state index in [0.29, 0.717) is 6.42 Å². The third-order valence-corrected chi connectivity index (χ3v) is 6.80. The van der Waals surface area contributed by atoms with Gasteiger partial charge >= 0.3 is 5.97 Å². The molecule has 5 N–H and O–H groups in total. The first kappa shape index (κ1) is 32.7. The van der Waals surface area contributed by atoms with E-state index in [2.05, 4.69) is 22.9 Å². The second-order valence-electron chi connectivity index (χ2n) is 10.2. The molecule has 0 aromatic heterocycles. The summed E-state index contributed by atoms with van der Waals surface area (Å²) in [6.07, 6.45) is 6.39. The normalized spacial score (nSPS) is 18.1. The number of amides is 4. The Morgan fingerprint density at radius 2 is 1.70 bits per heavy atom. The van der Waals surface area contributed by atoms with Gasteiger partial charge in [-0.3, -0.25) is 24.0 Å². The van der Waals surface area contributed by atoms with Crippen LogP contribution in [-0.4, -0.2) is 60.4 Å². The third-order valence-electron chi connectivity index (χ3n) is 6.80. The SMILES string of the molecule is CCCCCC(=O)NC1CCCCC1OCC(=O)N[C@@H](C)C(=O)N[C@H](CCC(=O)OCc1ccccc1)C(N)=O. The smallest absolute Gasteiger partial charge is 0.306 e. The Morgan fingerprint density at radius 1 is 0.975 bits per heavy atom. The van der Waals surface area contributed by atoms with Gasteiger partial charge in [-0.25, -0.2) is 0 Å². The standard InChI is InChI=1S/C29H44N4O7/c1-3-4-6-15-25(34)32-22-13-9-10-14-24(22)39-19-26(35)31-20(2)29(38)33-23(28(30)37)16-17-27(36)40-18-21-11-7-5-8-12-21/h5,7-8,11-12,20,22-24H,3-4,6,9-10,13-19H2,1-2H3,(H2,30,37)(H,31,35)(H,32,34)(H,33,38)/t20-,22?,23+,24?/m0/s1. The van der Waals surface area contributed by atoms with Gasteiger partial charge in [0.1, 0.15) is 25.3 Å². The predicted molar refractivity (Wildman–Crippen MR) is 148 cm³/mol. The molecule has 4 amide bonds.